The molecular weight excluding hydrogens is 421 g/mol. The molecule has 0 fully saturated rings. The van der Waals surface area contributed by atoms with Crippen LogP contribution in [-0.4, -0.2) is 46.0 Å². The van der Waals surface area contributed by atoms with E-state index in [9.17, 15) is 0 Å². The third-order valence-electron chi connectivity index (χ3n) is 2.99. The van der Waals surface area contributed by atoms with Gasteiger partial charge in [-0.1, -0.05) is 0 Å². The van der Waals surface area contributed by atoms with Gasteiger partial charge in [-0.3, -0.25) is 4.99 Å². The number of nitrogens with zero attached hydrogens (tertiary/aromatic N) is 1. The van der Waals surface area contributed by atoms with E-state index in [0.717, 1.165) is 43.6 Å². The summed E-state index contributed by atoms with van der Waals surface area (Å²) in [7, 11) is 1.63. The van der Waals surface area contributed by atoms with Gasteiger partial charge in [-0.2, -0.15) is 0 Å². The zero-order valence-electron chi connectivity index (χ0n) is 15.1. The molecule has 0 heterocycles. The van der Waals surface area contributed by atoms with Crippen molar-refractivity contribution in [3.63, 3.8) is 0 Å². The number of aliphatic imine (C=N–C) groups is 1. The summed E-state index contributed by atoms with van der Waals surface area (Å²) in [6.45, 7) is 9.56. The Labute approximate surface area is 162 Å². The van der Waals surface area contributed by atoms with Gasteiger partial charge in [-0.05, 0) is 39.3 Å². The first kappa shape index (κ1) is 22.8. The second kappa shape index (κ2) is 14.2. The molecule has 1 aromatic rings. The van der Waals surface area contributed by atoms with E-state index in [4.69, 9.17) is 14.2 Å². The number of nitrogens with one attached hydrogen (secondary N) is 2. The molecule has 0 spiro atoms. The molecule has 6 nitrogen and oxygen atoms in total. The Morgan fingerprint density at radius 1 is 1.12 bits per heavy atom. The fourth-order valence-corrected chi connectivity index (χ4v) is 1.97. The van der Waals surface area contributed by atoms with Crippen LogP contribution in [0.2, 0.25) is 0 Å². The maximum absolute atomic E-state index is 5.59. The highest BCUT2D eigenvalue weighted by molar-refractivity contribution is 14.0. The van der Waals surface area contributed by atoms with E-state index >= 15 is 0 Å². The molecule has 0 amide bonds. The second-order valence-electron chi connectivity index (χ2n) is 4.73. The zero-order chi connectivity index (χ0) is 16.9. The molecule has 0 unspecified atom stereocenters. The minimum Gasteiger partial charge on any atom is -0.493 e. The summed E-state index contributed by atoms with van der Waals surface area (Å²) >= 11 is 0. The van der Waals surface area contributed by atoms with Gasteiger partial charge >= 0.3 is 0 Å². The Morgan fingerprint density at radius 2 is 1.92 bits per heavy atom. The summed E-state index contributed by atoms with van der Waals surface area (Å²) in [6, 6.07) is 5.73. The molecule has 7 heteroatoms. The number of methoxy groups -OCH3 is 1. The lowest BCUT2D eigenvalue weighted by Crippen LogP contribution is -2.30. The highest BCUT2D eigenvalue weighted by atomic mass is 127. The number of anilines is 1. The number of guanidine groups is 1. The molecule has 0 radical (unpaired) electrons. The average molecular weight is 451 g/mol. The summed E-state index contributed by atoms with van der Waals surface area (Å²) in [6.07, 6.45) is 0.900. The Kier molecular flexibility index (Phi) is 13.4. The van der Waals surface area contributed by atoms with Crippen LogP contribution in [0.25, 0.3) is 0 Å². The fraction of sp³-hybridized carbons (Fsp3) is 0.588. The maximum Gasteiger partial charge on any atom is 0.195 e. The predicted molar refractivity (Wildman–Crippen MR) is 110 cm³/mol. The molecule has 0 atom stereocenters. The average Bonchev–Trinajstić information content (AvgIpc) is 2.55. The van der Waals surface area contributed by atoms with Crippen LogP contribution in [0.4, 0.5) is 5.69 Å². The van der Waals surface area contributed by atoms with Gasteiger partial charge < -0.3 is 24.8 Å². The molecule has 0 saturated carbocycles. The third-order valence-corrected chi connectivity index (χ3v) is 2.99. The Bertz CT molecular complexity index is 484. The van der Waals surface area contributed by atoms with Crippen molar-refractivity contribution in [3.05, 3.63) is 18.2 Å². The monoisotopic (exact) mass is 451 g/mol. The van der Waals surface area contributed by atoms with E-state index in [1.807, 2.05) is 39.0 Å². The van der Waals surface area contributed by atoms with E-state index in [2.05, 4.69) is 15.6 Å². The first-order chi connectivity index (χ1) is 11.2. The van der Waals surface area contributed by atoms with E-state index in [1.54, 1.807) is 7.11 Å². The van der Waals surface area contributed by atoms with Crippen LogP contribution < -0.4 is 20.1 Å². The fourth-order valence-electron chi connectivity index (χ4n) is 1.97. The lowest BCUT2D eigenvalue weighted by molar-refractivity contribution is 0.146. The molecule has 0 aliphatic rings. The van der Waals surface area contributed by atoms with Gasteiger partial charge in [0.15, 0.2) is 17.5 Å². The van der Waals surface area contributed by atoms with E-state index < -0.39 is 0 Å². The molecule has 0 aliphatic heterocycles. The van der Waals surface area contributed by atoms with Gasteiger partial charge in [-0.25, -0.2) is 0 Å². The number of ether oxygens (including phenoxy) is 3. The molecule has 1 rings (SSSR count). The first-order valence-electron chi connectivity index (χ1n) is 8.19. The predicted octanol–water partition coefficient (Wildman–Crippen LogP) is 3.52. The Morgan fingerprint density at radius 3 is 2.54 bits per heavy atom. The smallest absolute Gasteiger partial charge is 0.195 e. The SMILES string of the molecule is CCNC(=NCCCOCC)Nc1ccc(OC)c(OCC)c1.I. The lowest BCUT2D eigenvalue weighted by Gasteiger charge is -2.14. The summed E-state index contributed by atoms with van der Waals surface area (Å²) in [5, 5.41) is 6.51. The Hall–Kier alpha value is -1.22. The van der Waals surface area contributed by atoms with Crippen LogP contribution >= 0.6 is 24.0 Å². The summed E-state index contributed by atoms with van der Waals surface area (Å²) < 4.78 is 16.2. The number of benzene rings is 1. The molecular formula is C17H30IN3O3. The van der Waals surface area contributed by atoms with Crippen LogP contribution in [0.15, 0.2) is 23.2 Å². The molecule has 0 aromatic heterocycles. The molecule has 0 saturated heterocycles. The highest BCUT2D eigenvalue weighted by Gasteiger charge is 2.06. The molecule has 1 aromatic carbocycles. The van der Waals surface area contributed by atoms with Gasteiger partial charge in [0.05, 0.1) is 13.7 Å². The van der Waals surface area contributed by atoms with Gasteiger partial charge in [0, 0.05) is 38.1 Å². The third kappa shape index (κ3) is 8.58. The van der Waals surface area contributed by atoms with E-state index in [0.29, 0.717) is 18.9 Å². The normalized spacial score (nSPS) is 10.8. The Balaban J connectivity index is 0.00000529. The number of rotatable bonds is 10. The molecule has 2 N–H and O–H groups in total. The maximum atomic E-state index is 5.59. The van der Waals surface area contributed by atoms with Crippen molar-refractivity contribution in [1.82, 2.24) is 5.32 Å². The molecule has 24 heavy (non-hydrogen) atoms. The first-order valence-corrected chi connectivity index (χ1v) is 8.19. The second-order valence-corrected chi connectivity index (χ2v) is 4.73. The summed E-state index contributed by atoms with van der Waals surface area (Å²) in [4.78, 5) is 4.54. The van der Waals surface area contributed by atoms with E-state index in [1.165, 1.54) is 0 Å². The van der Waals surface area contributed by atoms with Crippen LogP contribution in [0.3, 0.4) is 0 Å². The van der Waals surface area contributed by atoms with Crippen LogP contribution in [0.5, 0.6) is 11.5 Å². The topological polar surface area (TPSA) is 64.1 Å². The summed E-state index contributed by atoms with van der Waals surface area (Å²) in [5.74, 6) is 2.18. The van der Waals surface area contributed by atoms with Crippen LogP contribution in [-0.2, 0) is 4.74 Å². The van der Waals surface area contributed by atoms with Gasteiger partial charge in [0.2, 0.25) is 0 Å². The van der Waals surface area contributed by atoms with E-state index in [-0.39, 0.29) is 24.0 Å². The van der Waals surface area contributed by atoms with Crippen molar-refractivity contribution in [2.45, 2.75) is 27.2 Å². The van der Waals surface area contributed by atoms with Crippen molar-refractivity contribution < 1.29 is 14.2 Å². The molecule has 138 valence electrons. The van der Waals surface area contributed by atoms with Crippen molar-refractivity contribution >= 4 is 35.6 Å². The van der Waals surface area contributed by atoms with Gasteiger partial charge in [0.1, 0.15) is 0 Å². The van der Waals surface area contributed by atoms with Crippen molar-refractivity contribution in [2.75, 3.05) is 45.3 Å². The van der Waals surface area contributed by atoms with Crippen LogP contribution in [0.1, 0.15) is 27.2 Å². The van der Waals surface area contributed by atoms with Crippen molar-refractivity contribution in [3.8, 4) is 11.5 Å². The molecule has 0 aliphatic carbocycles. The van der Waals surface area contributed by atoms with Crippen molar-refractivity contribution in [1.29, 1.82) is 0 Å². The number of halogens is 1. The molecule has 0 bridgehead atoms. The van der Waals surface area contributed by atoms with Gasteiger partial charge in [-0.15, -0.1) is 24.0 Å². The standard InChI is InChI=1S/C17H29N3O3.HI/c1-5-18-17(19-11-8-12-22-6-2)20-14-9-10-15(21-4)16(13-14)23-7-3;/h9-10,13H,5-8,11-12H2,1-4H3,(H2,18,19,20);1H. The minimum atomic E-state index is 0. The quantitative estimate of drug-likeness (QED) is 0.247. The van der Waals surface area contributed by atoms with Gasteiger partial charge in [0.25, 0.3) is 0 Å². The largest absolute Gasteiger partial charge is 0.493 e. The minimum absolute atomic E-state index is 0. The summed E-state index contributed by atoms with van der Waals surface area (Å²) in [5.41, 5.74) is 0.902. The number of hydrogen-bond acceptors (Lipinski definition) is 4. The van der Waals surface area contributed by atoms with Crippen LogP contribution in [0, 0.1) is 0 Å². The zero-order valence-corrected chi connectivity index (χ0v) is 17.4. The highest BCUT2D eigenvalue weighted by Crippen LogP contribution is 2.30. The lowest BCUT2D eigenvalue weighted by atomic mass is 10.2. The van der Waals surface area contributed by atoms with Crippen molar-refractivity contribution in [2.24, 2.45) is 4.99 Å². The number of hydrogen-bond donors (Lipinski definition) is 2.